The number of aromatic amines is 1. The summed E-state index contributed by atoms with van der Waals surface area (Å²) in [4.78, 5) is 14.8. The first-order valence-electron chi connectivity index (χ1n) is 9.88. The van der Waals surface area contributed by atoms with Crippen molar-refractivity contribution in [2.45, 2.75) is 11.3 Å². The first-order valence-corrected chi connectivity index (χ1v) is 11.5. The van der Waals surface area contributed by atoms with Gasteiger partial charge in [0.15, 0.2) is 17.2 Å². The minimum atomic E-state index is -0.939. The number of hydrogen-bond donors (Lipinski definition) is 3. The number of H-pyrrole nitrogens is 1. The van der Waals surface area contributed by atoms with Gasteiger partial charge in [-0.15, -0.1) is 0 Å². The Bertz CT molecular complexity index is 1430. The predicted molar refractivity (Wildman–Crippen MR) is 133 cm³/mol. The number of aromatic nitrogens is 1. The number of rotatable bonds is 8. The van der Waals surface area contributed by atoms with Crippen molar-refractivity contribution in [2.24, 2.45) is 0 Å². The molecule has 0 bridgehead atoms. The zero-order chi connectivity index (χ0) is 24.2. The van der Waals surface area contributed by atoms with Gasteiger partial charge in [0.05, 0.1) is 24.2 Å². The van der Waals surface area contributed by atoms with Crippen molar-refractivity contribution < 1.29 is 19.4 Å². The third-order valence-corrected chi connectivity index (χ3v) is 6.39. The van der Waals surface area contributed by atoms with E-state index < -0.39 is 5.97 Å². The number of fused-ring (bicyclic) bond motifs is 1. The Balaban J connectivity index is 1.72. The predicted octanol–water partition coefficient (Wildman–Crippen LogP) is 6.89. The third kappa shape index (κ3) is 5.18. The van der Waals surface area contributed by atoms with Crippen LogP contribution in [0.1, 0.15) is 11.3 Å². The highest BCUT2D eigenvalue weighted by Gasteiger charge is 2.16. The molecule has 4 aromatic rings. The Morgan fingerprint density at radius 2 is 1.91 bits per heavy atom. The van der Waals surface area contributed by atoms with E-state index in [2.05, 4.69) is 15.8 Å². The van der Waals surface area contributed by atoms with Gasteiger partial charge in [-0.05, 0) is 66.0 Å². The molecule has 0 fully saturated rings. The minimum Gasteiger partial charge on any atom is -0.493 e. The standard InChI is InChI=1S/C24H17Cl2N3O4S/c1-32-21-8-13(9-23(30)31)2-5-19(21)33-20-6-4-18-16(11-15(12-27)28-18)24(20)29-34-22-7-3-14(25)10-17(22)26/h2-8,10-11,28-29H,9H2,1H3,(H,30,31). The lowest BCUT2D eigenvalue weighted by atomic mass is 10.1. The van der Waals surface area contributed by atoms with Gasteiger partial charge in [-0.25, -0.2) is 0 Å². The second-order valence-electron chi connectivity index (χ2n) is 7.13. The van der Waals surface area contributed by atoms with E-state index in [1.54, 1.807) is 48.5 Å². The van der Waals surface area contributed by atoms with Crippen LogP contribution in [0.15, 0.2) is 59.5 Å². The number of nitriles is 1. The maximum absolute atomic E-state index is 11.0. The smallest absolute Gasteiger partial charge is 0.307 e. The van der Waals surface area contributed by atoms with Gasteiger partial charge >= 0.3 is 5.97 Å². The summed E-state index contributed by atoms with van der Waals surface area (Å²) in [6.07, 6.45) is -0.131. The first kappa shape index (κ1) is 23.6. The van der Waals surface area contributed by atoms with E-state index in [1.165, 1.54) is 19.1 Å². The summed E-state index contributed by atoms with van der Waals surface area (Å²) in [5.74, 6) is 0.332. The van der Waals surface area contributed by atoms with Crippen LogP contribution in [0, 0.1) is 11.3 Å². The van der Waals surface area contributed by atoms with Crippen molar-refractivity contribution in [3.05, 3.63) is 75.9 Å². The van der Waals surface area contributed by atoms with Crippen LogP contribution < -0.4 is 14.2 Å². The second-order valence-corrected chi connectivity index (χ2v) is 8.82. The lowest BCUT2D eigenvalue weighted by Crippen LogP contribution is -2.01. The molecule has 0 atom stereocenters. The minimum absolute atomic E-state index is 0.131. The molecule has 0 aliphatic carbocycles. The Kier molecular flexibility index (Phi) is 7.08. The highest BCUT2D eigenvalue weighted by molar-refractivity contribution is 8.00. The second kappa shape index (κ2) is 10.2. The zero-order valence-electron chi connectivity index (χ0n) is 17.7. The average molecular weight is 514 g/mol. The van der Waals surface area contributed by atoms with Crippen molar-refractivity contribution in [3.63, 3.8) is 0 Å². The molecular weight excluding hydrogens is 497 g/mol. The van der Waals surface area contributed by atoms with Crippen LogP contribution in [0.25, 0.3) is 10.9 Å². The molecule has 1 aromatic heterocycles. The molecule has 3 N–H and O–H groups in total. The van der Waals surface area contributed by atoms with E-state index in [0.29, 0.717) is 44.2 Å². The molecule has 7 nitrogen and oxygen atoms in total. The summed E-state index contributed by atoms with van der Waals surface area (Å²) in [6.45, 7) is 0. The molecule has 0 unspecified atom stereocenters. The number of ether oxygens (including phenoxy) is 2. The van der Waals surface area contributed by atoms with Gasteiger partial charge < -0.3 is 24.3 Å². The fourth-order valence-electron chi connectivity index (χ4n) is 3.30. The number of anilines is 1. The summed E-state index contributed by atoms with van der Waals surface area (Å²) in [5, 5.41) is 20.2. The van der Waals surface area contributed by atoms with Crippen LogP contribution in [-0.4, -0.2) is 23.2 Å². The number of halogens is 2. The highest BCUT2D eigenvalue weighted by atomic mass is 35.5. The zero-order valence-corrected chi connectivity index (χ0v) is 20.0. The van der Waals surface area contributed by atoms with Crippen LogP contribution in [0.4, 0.5) is 5.69 Å². The molecule has 172 valence electrons. The number of nitrogens with one attached hydrogen (secondary N) is 2. The molecule has 0 aliphatic heterocycles. The monoisotopic (exact) mass is 513 g/mol. The highest BCUT2D eigenvalue weighted by Crippen LogP contribution is 2.42. The molecule has 0 spiro atoms. The third-order valence-electron chi connectivity index (χ3n) is 4.85. The number of hydrogen-bond acceptors (Lipinski definition) is 6. The van der Waals surface area contributed by atoms with Crippen LogP contribution >= 0.6 is 35.1 Å². The van der Waals surface area contributed by atoms with Gasteiger partial charge in [0.25, 0.3) is 0 Å². The molecule has 10 heteroatoms. The van der Waals surface area contributed by atoms with Gasteiger partial charge in [0.1, 0.15) is 11.8 Å². The Morgan fingerprint density at radius 1 is 1.12 bits per heavy atom. The van der Waals surface area contributed by atoms with Gasteiger partial charge in [0, 0.05) is 20.8 Å². The molecular formula is C24H17Cl2N3O4S. The number of methoxy groups -OCH3 is 1. The number of benzene rings is 3. The van der Waals surface area contributed by atoms with E-state index in [0.717, 1.165) is 15.8 Å². The Labute approximate surface area is 209 Å². The summed E-state index contributed by atoms with van der Waals surface area (Å²) < 4.78 is 14.9. The van der Waals surface area contributed by atoms with Crippen molar-refractivity contribution in [1.29, 1.82) is 5.26 Å². The van der Waals surface area contributed by atoms with E-state index in [4.69, 9.17) is 37.8 Å². The Morgan fingerprint density at radius 3 is 2.62 bits per heavy atom. The molecule has 0 saturated heterocycles. The number of carboxylic acids is 1. The van der Waals surface area contributed by atoms with Gasteiger partial charge in [-0.1, -0.05) is 29.3 Å². The van der Waals surface area contributed by atoms with Crippen LogP contribution in [0.5, 0.6) is 17.2 Å². The summed E-state index contributed by atoms with van der Waals surface area (Å²) in [7, 11) is 1.48. The van der Waals surface area contributed by atoms with Crippen molar-refractivity contribution in [3.8, 4) is 23.3 Å². The number of aliphatic carboxylic acids is 1. The molecule has 0 saturated carbocycles. The SMILES string of the molecule is COc1cc(CC(=O)O)ccc1Oc1ccc2[nH]c(C#N)cc2c1NSc1ccc(Cl)cc1Cl. The van der Waals surface area contributed by atoms with Crippen molar-refractivity contribution >= 4 is 57.7 Å². The fourth-order valence-corrected chi connectivity index (χ4v) is 4.54. The normalized spacial score (nSPS) is 10.6. The van der Waals surface area contributed by atoms with Crippen LogP contribution in [-0.2, 0) is 11.2 Å². The number of carboxylic acid groups (broad SMARTS) is 1. The van der Waals surface area contributed by atoms with E-state index in [9.17, 15) is 10.1 Å². The van der Waals surface area contributed by atoms with Crippen molar-refractivity contribution in [2.75, 3.05) is 11.8 Å². The van der Waals surface area contributed by atoms with Gasteiger partial charge in [0.2, 0.25) is 0 Å². The molecule has 3 aromatic carbocycles. The summed E-state index contributed by atoms with van der Waals surface area (Å²) >= 11 is 13.6. The maximum atomic E-state index is 11.0. The lowest BCUT2D eigenvalue weighted by Gasteiger charge is -2.16. The van der Waals surface area contributed by atoms with Gasteiger partial charge in [-0.2, -0.15) is 5.26 Å². The molecule has 0 amide bonds. The summed E-state index contributed by atoms with van der Waals surface area (Å²) in [6, 6.07) is 17.5. The first-order chi connectivity index (χ1) is 16.4. The lowest BCUT2D eigenvalue weighted by molar-refractivity contribution is -0.136. The Hall–Kier alpha value is -3.51. The van der Waals surface area contributed by atoms with Crippen molar-refractivity contribution in [1.82, 2.24) is 4.98 Å². The quantitative estimate of drug-likeness (QED) is 0.220. The summed E-state index contributed by atoms with van der Waals surface area (Å²) in [5.41, 5.74) is 2.35. The van der Waals surface area contributed by atoms with E-state index >= 15 is 0 Å². The van der Waals surface area contributed by atoms with Gasteiger partial charge in [-0.3, -0.25) is 4.79 Å². The molecule has 1 heterocycles. The topological polar surface area (TPSA) is 107 Å². The molecule has 0 radical (unpaired) electrons. The maximum Gasteiger partial charge on any atom is 0.307 e. The largest absolute Gasteiger partial charge is 0.493 e. The fraction of sp³-hybridized carbons (Fsp3) is 0.0833. The number of nitrogens with zero attached hydrogens (tertiary/aromatic N) is 1. The van der Waals surface area contributed by atoms with E-state index in [1.807, 2.05) is 6.07 Å². The van der Waals surface area contributed by atoms with E-state index in [-0.39, 0.29) is 6.42 Å². The van der Waals surface area contributed by atoms with Crippen LogP contribution in [0.3, 0.4) is 0 Å². The molecule has 4 rings (SSSR count). The molecule has 34 heavy (non-hydrogen) atoms. The average Bonchev–Trinajstić information content (AvgIpc) is 3.23. The molecule has 0 aliphatic rings. The number of carbonyl (C=O) groups is 1. The van der Waals surface area contributed by atoms with Crippen LogP contribution in [0.2, 0.25) is 10.0 Å².